The first kappa shape index (κ1) is 17.8. The molecule has 1 saturated heterocycles. The Morgan fingerprint density at radius 3 is 2.96 bits per heavy atom. The molecule has 0 amide bonds. The first-order valence-electron chi connectivity index (χ1n) is 8.80. The second-order valence-electron chi connectivity index (χ2n) is 6.40. The molecule has 8 nitrogen and oxygen atoms in total. The molecular weight excluding hydrogens is 318 g/mol. The lowest BCUT2D eigenvalue weighted by molar-refractivity contribution is -0.00852. The van der Waals surface area contributed by atoms with Gasteiger partial charge in [0.1, 0.15) is 18.4 Å². The van der Waals surface area contributed by atoms with Crippen LogP contribution in [0.3, 0.4) is 0 Å². The van der Waals surface area contributed by atoms with Crippen molar-refractivity contribution in [3.63, 3.8) is 0 Å². The molecule has 0 aliphatic carbocycles. The van der Waals surface area contributed by atoms with Gasteiger partial charge in [-0.05, 0) is 19.9 Å². The minimum absolute atomic E-state index is 0.0489. The molecule has 0 radical (unpaired) electrons. The van der Waals surface area contributed by atoms with E-state index in [9.17, 15) is 0 Å². The van der Waals surface area contributed by atoms with E-state index < -0.39 is 0 Å². The van der Waals surface area contributed by atoms with Crippen molar-refractivity contribution in [2.75, 3.05) is 32.4 Å². The number of hydrogen-bond acceptors (Lipinski definition) is 7. The number of aryl methyl sites for hydroxylation is 1. The van der Waals surface area contributed by atoms with Gasteiger partial charge in [0.05, 0.1) is 6.10 Å². The molecule has 3 rings (SSSR count). The van der Waals surface area contributed by atoms with Crippen LogP contribution >= 0.6 is 0 Å². The van der Waals surface area contributed by atoms with E-state index in [1.54, 1.807) is 0 Å². The zero-order valence-electron chi connectivity index (χ0n) is 14.9. The largest absolute Gasteiger partial charge is 0.382 e. The van der Waals surface area contributed by atoms with Crippen LogP contribution in [0.1, 0.15) is 31.8 Å². The molecular formula is C17H27N7O. The molecule has 136 valence electrons. The number of nitrogen functional groups attached to an aromatic ring is 1. The van der Waals surface area contributed by atoms with Crippen LogP contribution in [0.25, 0.3) is 11.2 Å². The van der Waals surface area contributed by atoms with Gasteiger partial charge in [-0.1, -0.05) is 19.1 Å². The van der Waals surface area contributed by atoms with Gasteiger partial charge < -0.3 is 21.1 Å². The third-order valence-corrected chi connectivity index (χ3v) is 4.50. The summed E-state index contributed by atoms with van der Waals surface area (Å²) >= 11 is 0. The zero-order valence-corrected chi connectivity index (χ0v) is 14.9. The monoisotopic (exact) mass is 345 g/mol. The first-order valence-corrected chi connectivity index (χ1v) is 8.80. The lowest BCUT2D eigenvalue weighted by atomic mass is 10.2. The summed E-state index contributed by atoms with van der Waals surface area (Å²) in [5.41, 5.74) is 12.9. The fourth-order valence-electron chi connectivity index (χ4n) is 3.31. The minimum Gasteiger partial charge on any atom is -0.382 e. The molecule has 2 unspecified atom stereocenters. The van der Waals surface area contributed by atoms with Crippen molar-refractivity contribution in [1.29, 1.82) is 0 Å². The summed E-state index contributed by atoms with van der Waals surface area (Å²) in [5, 5.41) is 0. The average Bonchev–Trinajstić information content (AvgIpc) is 3.19. The number of imidazole rings is 1. The van der Waals surface area contributed by atoms with Crippen molar-refractivity contribution in [1.82, 2.24) is 24.4 Å². The zero-order chi connectivity index (χ0) is 17.8. The van der Waals surface area contributed by atoms with Crippen LogP contribution in [0.15, 0.2) is 18.5 Å². The van der Waals surface area contributed by atoms with Gasteiger partial charge in [0.25, 0.3) is 0 Å². The van der Waals surface area contributed by atoms with Crippen LogP contribution in [0.4, 0.5) is 5.82 Å². The van der Waals surface area contributed by atoms with E-state index in [0.717, 1.165) is 43.8 Å². The summed E-state index contributed by atoms with van der Waals surface area (Å²) in [5.74, 6) is 1.35. The quantitative estimate of drug-likeness (QED) is 0.723. The number of rotatable bonds is 7. The fourth-order valence-corrected chi connectivity index (χ4v) is 3.31. The highest BCUT2D eigenvalue weighted by Gasteiger charge is 2.30. The number of ether oxygens (including phenoxy) is 1. The van der Waals surface area contributed by atoms with E-state index in [2.05, 4.69) is 44.5 Å². The summed E-state index contributed by atoms with van der Waals surface area (Å²) in [6, 6.07) is 0. The molecule has 3 heterocycles. The van der Waals surface area contributed by atoms with E-state index in [-0.39, 0.29) is 12.3 Å². The third kappa shape index (κ3) is 3.81. The van der Waals surface area contributed by atoms with Crippen LogP contribution in [-0.4, -0.2) is 57.2 Å². The normalized spacial score (nSPS) is 21.1. The lowest BCUT2D eigenvalue weighted by Crippen LogP contribution is -2.29. The maximum Gasteiger partial charge on any atom is 0.167 e. The molecule has 0 aromatic carbocycles. The van der Waals surface area contributed by atoms with Gasteiger partial charge in [-0.2, -0.15) is 0 Å². The van der Waals surface area contributed by atoms with Gasteiger partial charge in [0.15, 0.2) is 17.0 Å². The fraction of sp³-hybridized carbons (Fsp3) is 0.588. The SMILES string of the molecule is CCc1nc2c(N)ncnc2n1C1CCC(CN(C)C/C=C\CN)O1. The molecule has 1 aliphatic rings. The third-order valence-electron chi connectivity index (χ3n) is 4.50. The van der Waals surface area contributed by atoms with E-state index in [4.69, 9.17) is 16.2 Å². The van der Waals surface area contributed by atoms with Gasteiger partial charge in [-0.15, -0.1) is 0 Å². The number of hydrogen-bond donors (Lipinski definition) is 2. The van der Waals surface area contributed by atoms with Crippen LogP contribution < -0.4 is 11.5 Å². The maximum absolute atomic E-state index is 6.30. The van der Waals surface area contributed by atoms with Crippen molar-refractivity contribution in [3.8, 4) is 0 Å². The molecule has 1 fully saturated rings. The number of nitrogens with two attached hydrogens (primary N) is 2. The highest BCUT2D eigenvalue weighted by molar-refractivity contribution is 5.81. The second-order valence-corrected chi connectivity index (χ2v) is 6.40. The summed E-state index contributed by atoms with van der Waals surface area (Å²) in [7, 11) is 2.09. The molecule has 0 saturated carbocycles. The van der Waals surface area contributed by atoms with E-state index in [1.165, 1.54) is 6.33 Å². The average molecular weight is 345 g/mol. The van der Waals surface area contributed by atoms with Crippen molar-refractivity contribution in [3.05, 3.63) is 24.3 Å². The van der Waals surface area contributed by atoms with Gasteiger partial charge in [-0.3, -0.25) is 4.57 Å². The van der Waals surface area contributed by atoms with Crippen molar-refractivity contribution < 1.29 is 4.74 Å². The molecule has 2 aromatic rings. The van der Waals surface area contributed by atoms with Crippen LogP contribution in [0, 0.1) is 0 Å². The van der Waals surface area contributed by atoms with Crippen molar-refractivity contribution in [2.24, 2.45) is 5.73 Å². The smallest absolute Gasteiger partial charge is 0.167 e. The van der Waals surface area contributed by atoms with E-state index in [1.807, 2.05) is 6.08 Å². The van der Waals surface area contributed by atoms with Crippen LogP contribution in [0.2, 0.25) is 0 Å². The standard InChI is InChI=1S/C17H27N7O/c1-3-13-22-15-16(19)20-11-21-17(15)24(13)14-7-6-12(25-14)10-23(2)9-5-4-8-18/h4-5,11-12,14H,3,6-10,18H2,1-2H3,(H2,19,20,21)/b5-4-. The molecule has 2 atom stereocenters. The number of anilines is 1. The molecule has 1 aliphatic heterocycles. The number of likely N-dealkylation sites (N-methyl/N-ethyl adjacent to an activating group) is 1. The van der Waals surface area contributed by atoms with Gasteiger partial charge >= 0.3 is 0 Å². The number of nitrogens with zero attached hydrogens (tertiary/aromatic N) is 5. The van der Waals surface area contributed by atoms with Gasteiger partial charge in [0.2, 0.25) is 0 Å². The molecule has 2 aromatic heterocycles. The Morgan fingerprint density at radius 1 is 1.36 bits per heavy atom. The van der Waals surface area contributed by atoms with Gasteiger partial charge in [-0.25, -0.2) is 15.0 Å². The summed E-state index contributed by atoms with van der Waals surface area (Å²) in [4.78, 5) is 15.3. The Bertz CT molecular complexity index is 742. The first-order chi connectivity index (χ1) is 12.1. The lowest BCUT2D eigenvalue weighted by Gasteiger charge is -2.21. The Kier molecular flexibility index (Phi) is 5.62. The Labute approximate surface area is 147 Å². The predicted molar refractivity (Wildman–Crippen MR) is 97.9 cm³/mol. The maximum atomic E-state index is 6.30. The predicted octanol–water partition coefficient (Wildman–Crippen LogP) is 1.10. The molecule has 8 heteroatoms. The Hall–Kier alpha value is -2.03. The Morgan fingerprint density at radius 2 is 2.20 bits per heavy atom. The second kappa shape index (κ2) is 7.90. The molecule has 4 N–H and O–H groups in total. The van der Waals surface area contributed by atoms with Crippen molar-refractivity contribution in [2.45, 2.75) is 38.5 Å². The number of aromatic nitrogens is 4. The van der Waals surface area contributed by atoms with E-state index >= 15 is 0 Å². The highest BCUT2D eigenvalue weighted by atomic mass is 16.5. The van der Waals surface area contributed by atoms with Crippen LogP contribution in [0.5, 0.6) is 0 Å². The minimum atomic E-state index is -0.0489. The van der Waals surface area contributed by atoms with Crippen LogP contribution in [-0.2, 0) is 11.2 Å². The molecule has 25 heavy (non-hydrogen) atoms. The number of fused-ring (bicyclic) bond motifs is 1. The summed E-state index contributed by atoms with van der Waals surface area (Å²) in [6.45, 7) is 4.41. The van der Waals surface area contributed by atoms with E-state index in [0.29, 0.717) is 17.9 Å². The summed E-state index contributed by atoms with van der Waals surface area (Å²) < 4.78 is 8.39. The van der Waals surface area contributed by atoms with Gasteiger partial charge in [0, 0.05) is 26.1 Å². The van der Waals surface area contributed by atoms with Crippen molar-refractivity contribution >= 4 is 17.0 Å². The topological polar surface area (TPSA) is 108 Å². The summed E-state index contributed by atoms with van der Waals surface area (Å²) in [6.07, 6.45) is 8.45. The highest BCUT2D eigenvalue weighted by Crippen LogP contribution is 2.33. The molecule has 0 spiro atoms. The molecule has 0 bridgehead atoms. The Balaban J connectivity index is 1.73.